The summed E-state index contributed by atoms with van der Waals surface area (Å²) in [6.07, 6.45) is 9.62. The van der Waals surface area contributed by atoms with Crippen LogP contribution in [0.15, 0.2) is 15.9 Å². The van der Waals surface area contributed by atoms with Crippen LogP contribution in [-0.2, 0) is 0 Å². The Morgan fingerprint density at radius 1 is 1.25 bits per heavy atom. The van der Waals surface area contributed by atoms with Gasteiger partial charge in [-0.25, -0.2) is 0 Å². The summed E-state index contributed by atoms with van der Waals surface area (Å²) in [6.45, 7) is 0. The molecular weight excluding hydrogens is 282 g/mol. The van der Waals surface area contributed by atoms with Gasteiger partial charge >= 0.3 is 0 Å². The lowest BCUT2D eigenvalue weighted by Crippen LogP contribution is -2.14. The minimum Gasteiger partial charge on any atom is -0.323 e. The van der Waals surface area contributed by atoms with Crippen molar-refractivity contribution in [2.24, 2.45) is 11.7 Å². The van der Waals surface area contributed by atoms with Crippen LogP contribution in [0.2, 0.25) is 0 Å². The van der Waals surface area contributed by atoms with Crippen LogP contribution in [0.25, 0.3) is 0 Å². The van der Waals surface area contributed by atoms with Gasteiger partial charge < -0.3 is 5.73 Å². The van der Waals surface area contributed by atoms with Crippen molar-refractivity contribution in [1.82, 2.24) is 0 Å². The molecule has 1 nitrogen and oxygen atoms in total. The molecule has 1 saturated carbocycles. The lowest BCUT2D eigenvalue weighted by Gasteiger charge is -2.18. The van der Waals surface area contributed by atoms with E-state index < -0.39 is 0 Å². The SMILES string of the molecule is NC(CC1CCCCCC1)c1ccc(Br)s1. The molecule has 0 amide bonds. The first kappa shape index (κ1) is 12.6. The molecule has 1 aromatic heterocycles. The van der Waals surface area contributed by atoms with Crippen molar-refractivity contribution in [1.29, 1.82) is 0 Å². The number of thiophene rings is 1. The second kappa shape index (κ2) is 6.18. The van der Waals surface area contributed by atoms with Crippen LogP contribution in [0.3, 0.4) is 0 Å². The van der Waals surface area contributed by atoms with E-state index in [2.05, 4.69) is 28.1 Å². The Morgan fingerprint density at radius 2 is 1.94 bits per heavy atom. The first-order chi connectivity index (χ1) is 7.75. The van der Waals surface area contributed by atoms with Crippen molar-refractivity contribution < 1.29 is 0 Å². The Labute approximate surface area is 111 Å². The highest BCUT2D eigenvalue weighted by molar-refractivity contribution is 9.11. The van der Waals surface area contributed by atoms with Gasteiger partial charge in [0.1, 0.15) is 0 Å². The smallest absolute Gasteiger partial charge is 0.0701 e. The summed E-state index contributed by atoms with van der Waals surface area (Å²) in [5, 5.41) is 0. The maximum atomic E-state index is 6.28. The first-order valence-corrected chi connectivity index (χ1v) is 7.87. The molecule has 2 N–H and O–H groups in total. The maximum absolute atomic E-state index is 6.28. The molecule has 0 saturated heterocycles. The molecule has 3 heteroatoms. The summed E-state index contributed by atoms with van der Waals surface area (Å²) >= 11 is 5.28. The van der Waals surface area contributed by atoms with Gasteiger partial charge in [-0.3, -0.25) is 0 Å². The minimum atomic E-state index is 0.249. The lowest BCUT2D eigenvalue weighted by molar-refractivity contribution is 0.395. The Bertz CT molecular complexity index is 315. The molecule has 1 fully saturated rings. The van der Waals surface area contributed by atoms with E-state index in [1.54, 1.807) is 11.3 Å². The Kier molecular flexibility index (Phi) is 4.86. The van der Waals surface area contributed by atoms with Gasteiger partial charge in [-0.15, -0.1) is 11.3 Å². The molecule has 1 aliphatic rings. The van der Waals surface area contributed by atoms with Gasteiger partial charge in [0.2, 0.25) is 0 Å². The second-order valence-electron chi connectivity index (χ2n) is 4.84. The molecular formula is C13H20BrNS. The van der Waals surface area contributed by atoms with Gasteiger partial charge in [0.15, 0.2) is 0 Å². The van der Waals surface area contributed by atoms with Gasteiger partial charge in [-0.1, -0.05) is 38.5 Å². The standard InChI is InChI=1S/C13H20BrNS/c14-13-8-7-12(16-13)11(15)9-10-5-3-1-2-4-6-10/h7-8,10-11H,1-6,9,15H2. The molecule has 1 aliphatic carbocycles. The van der Waals surface area contributed by atoms with E-state index in [1.807, 2.05) is 0 Å². The summed E-state index contributed by atoms with van der Waals surface area (Å²) < 4.78 is 1.19. The fourth-order valence-electron chi connectivity index (χ4n) is 2.60. The highest BCUT2D eigenvalue weighted by Crippen LogP contribution is 2.33. The van der Waals surface area contributed by atoms with Gasteiger partial charge in [-0.05, 0) is 40.4 Å². The molecule has 16 heavy (non-hydrogen) atoms. The fraction of sp³-hybridized carbons (Fsp3) is 0.692. The number of hydrogen-bond acceptors (Lipinski definition) is 2. The Hall–Kier alpha value is 0.140. The number of nitrogens with two attached hydrogens (primary N) is 1. The number of halogens is 1. The Balaban J connectivity index is 1.88. The molecule has 1 aromatic rings. The number of hydrogen-bond donors (Lipinski definition) is 1. The van der Waals surface area contributed by atoms with Crippen molar-refractivity contribution in [2.45, 2.75) is 51.0 Å². The summed E-state index contributed by atoms with van der Waals surface area (Å²) in [7, 11) is 0. The molecule has 0 bridgehead atoms. The van der Waals surface area contributed by atoms with E-state index >= 15 is 0 Å². The second-order valence-corrected chi connectivity index (χ2v) is 7.34. The third-order valence-electron chi connectivity index (χ3n) is 3.52. The molecule has 0 aromatic carbocycles. The van der Waals surface area contributed by atoms with E-state index in [-0.39, 0.29) is 6.04 Å². The topological polar surface area (TPSA) is 26.0 Å². The van der Waals surface area contributed by atoms with Crippen molar-refractivity contribution in [3.63, 3.8) is 0 Å². The predicted molar refractivity (Wildman–Crippen MR) is 74.8 cm³/mol. The fourth-order valence-corrected chi connectivity index (χ4v) is 4.04. The number of rotatable bonds is 3. The van der Waals surface area contributed by atoms with E-state index in [4.69, 9.17) is 5.73 Å². The van der Waals surface area contributed by atoms with Gasteiger partial charge in [-0.2, -0.15) is 0 Å². The maximum Gasteiger partial charge on any atom is 0.0701 e. The molecule has 1 heterocycles. The van der Waals surface area contributed by atoms with Crippen molar-refractivity contribution in [3.8, 4) is 0 Å². The van der Waals surface area contributed by atoms with E-state index in [0.717, 1.165) is 5.92 Å². The van der Waals surface area contributed by atoms with Crippen LogP contribution in [0, 0.1) is 5.92 Å². The van der Waals surface area contributed by atoms with Gasteiger partial charge in [0, 0.05) is 10.9 Å². The average molecular weight is 302 g/mol. The zero-order valence-electron chi connectivity index (χ0n) is 9.62. The predicted octanol–water partition coefficient (Wildman–Crippen LogP) is 4.87. The monoisotopic (exact) mass is 301 g/mol. The van der Waals surface area contributed by atoms with Gasteiger partial charge in [0.25, 0.3) is 0 Å². The molecule has 0 radical (unpaired) electrons. The van der Waals surface area contributed by atoms with Gasteiger partial charge in [0.05, 0.1) is 3.79 Å². The lowest BCUT2D eigenvalue weighted by atomic mass is 9.92. The minimum absolute atomic E-state index is 0.249. The molecule has 0 spiro atoms. The molecule has 1 atom stereocenters. The van der Waals surface area contributed by atoms with Crippen LogP contribution < -0.4 is 5.73 Å². The normalized spacial score (nSPS) is 20.6. The van der Waals surface area contributed by atoms with Crippen molar-refractivity contribution in [3.05, 3.63) is 20.8 Å². The quantitative estimate of drug-likeness (QED) is 0.792. The van der Waals surface area contributed by atoms with E-state index in [9.17, 15) is 0 Å². The van der Waals surface area contributed by atoms with Crippen molar-refractivity contribution >= 4 is 27.3 Å². The third kappa shape index (κ3) is 3.57. The van der Waals surface area contributed by atoms with Crippen LogP contribution in [0.4, 0.5) is 0 Å². The zero-order valence-corrected chi connectivity index (χ0v) is 12.0. The summed E-state index contributed by atoms with van der Waals surface area (Å²) in [5.74, 6) is 0.860. The van der Waals surface area contributed by atoms with Crippen LogP contribution in [0.5, 0.6) is 0 Å². The van der Waals surface area contributed by atoms with Crippen LogP contribution in [-0.4, -0.2) is 0 Å². The van der Waals surface area contributed by atoms with Crippen molar-refractivity contribution in [2.75, 3.05) is 0 Å². The molecule has 0 aliphatic heterocycles. The summed E-state index contributed by atoms with van der Waals surface area (Å²) in [6, 6.07) is 4.52. The highest BCUT2D eigenvalue weighted by atomic mass is 79.9. The molecule has 90 valence electrons. The average Bonchev–Trinajstić information content (AvgIpc) is 2.54. The highest BCUT2D eigenvalue weighted by Gasteiger charge is 2.17. The largest absolute Gasteiger partial charge is 0.323 e. The van der Waals surface area contributed by atoms with Crippen LogP contribution in [0.1, 0.15) is 55.9 Å². The van der Waals surface area contributed by atoms with E-state index in [1.165, 1.54) is 53.6 Å². The zero-order chi connectivity index (χ0) is 11.4. The molecule has 1 unspecified atom stereocenters. The van der Waals surface area contributed by atoms with E-state index in [0.29, 0.717) is 0 Å². The summed E-state index contributed by atoms with van der Waals surface area (Å²) in [4.78, 5) is 1.33. The van der Waals surface area contributed by atoms with Crippen LogP contribution >= 0.6 is 27.3 Å². The molecule has 2 rings (SSSR count). The first-order valence-electron chi connectivity index (χ1n) is 6.26. The third-order valence-corrected chi connectivity index (χ3v) is 5.28. The Morgan fingerprint density at radius 3 is 2.50 bits per heavy atom. The summed E-state index contributed by atoms with van der Waals surface area (Å²) in [5.41, 5.74) is 6.28.